The molecule has 8 rings (SSSR count). The number of benzene rings is 6. The predicted molar refractivity (Wildman–Crippen MR) is 172 cm³/mol. The van der Waals surface area contributed by atoms with Crippen molar-refractivity contribution in [1.29, 1.82) is 0 Å². The maximum atomic E-state index is 4.88. The lowest BCUT2D eigenvalue weighted by Gasteiger charge is -2.34. The molecule has 41 heavy (non-hydrogen) atoms. The number of para-hydroxylation sites is 1. The maximum Gasteiger partial charge on any atom is 0.0735 e. The van der Waals surface area contributed by atoms with Crippen LogP contribution in [0.2, 0.25) is 0 Å². The van der Waals surface area contributed by atoms with Crippen molar-refractivity contribution in [2.24, 2.45) is 0 Å². The molecule has 0 radical (unpaired) electrons. The summed E-state index contributed by atoms with van der Waals surface area (Å²) in [6.45, 7) is 0. The zero-order valence-electron chi connectivity index (χ0n) is 22.4. The Morgan fingerprint density at radius 3 is 1.54 bits per heavy atom. The van der Waals surface area contributed by atoms with E-state index in [0.717, 1.165) is 16.9 Å². The molecule has 0 bridgehead atoms. The van der Waals surface area contributed by atoms with Crippen LogP contribution in [0.1, 0.15) is 0 Å². The summed E-state index contributed by atoms with van der Waals surface area (Å²) in [5.74, 6) is 0. The molecule has 0 fully saturated rings. The fourth-order valence-corrected chi connectivity index (χ4v) is 6.10. The third-order valence-electron chi connectivity index (χ3n) is 7.99. The van der Waals surface area contributed by atoms with Crippen LogP contribution in [0, 0.1) is 0 Å². The van der Waals surface area contributed by atoms with Crippen molar-refractivity contribution in [2.45, 2.75) is 0 Å². The molecule has 192 valence electrons. The molecule has 2 heterocycles. The Hall–Kier alpha value is -5.47. The summed E-state index contributed by atoms with van der Waals surface area (Å²) >= 11 is 0. The molecule has 2 heteroatoms. The monoisotopic (exact) mass is 522 g/mol. The number of hydrogen-bond acceptors (Lipinski definition) is 2. The van der Waals surface area contributed by atoms with Crippen molar-refractivity contribution in [3.05, 3.63) is 158 Å². The van der Waals surface area contributed by atoms with Crippen LogP contribution >= 0.6 is 0 Å². The Morgan fingerprint density at radius 1 is 0.390 bits per heavy atom. The highest BCUT2D eigenvalue weighted by Crippen LogP contribution is 2.52. The van der Waals surface area contributed by atoms with Crippen LogP contribution in [0.25, 0.3) is 55.4 Å². The van der Waals surface area contributed by atoms with Crippen LogP contribution in [-0.4, -0.2) is 4.98 Å². The standard InChI is InChI=1S/C39H26N2/c1-4-12-27(13-5-1)30-22-31(28-14-6-2-7-15-28)24-33(23-30)41-37-19-11-10-18-34(37)35-25-32(29-16-8-3-9-17-29)26-36-39(35)38(41)20-21-40-36/h1-26H. The van der Waals surface area contributed by atoms with Gasteiger partial charge in [-0.25, -0.2) is 0 Å². The molecule has 0 spiro atoms. The summed E-state index contributed by atoms with van der Waals surface area (Å²) < 4.78 is 0. The molecule has 1 aliphatic rings. The van der Waals surface area contributed by atoms with Crippen LogP contribution in [0.4, 0.5) is 17.1 Å². The fraction of sp³-hybridized carbons (Fsp3) is 0. The molecule has 0 saturated carbocycles. The minimum atomic E-state index is 1.00. The van der Waals surface area contributed by atoms with E-state index in [1.807, 2.05) is 6.20 Å². The first-order valence-electron chi connectivity index (χ1n) is 14.0. The second-order valence-corrected chi connectivity index (χ2v) is 10.5. The molecule has 0 aliphatic carbocycles. The van der Waals surface area contributed by atoms with Gasteiger partial charge in [0, 0.05) is 22.8 Å². The second kappa shape index (κ2) is 9.62. The zero-order valence-corrected chi connectivity index (χ0v) is 22.4. The number of aromatic nitrogens is 1. The van der Waals surface area contributed by atoms with Gasteiger partial charge in [0.25, 0.3) is 0 Å². The summed E-state index contributed by atoms with van der Waals surface area (Å²) in [6, 6.07) is 54.2. The van der Waals surface area contributed by atoms with Crippen LogP contribution in [0.5, 0.6) is 0 Å². The van der Waals surface area contributed by atoms with Gasteiger partial charge >= 0.3 is 0 Å². The smallest absolute Gasteiger partial charge is 0.0735 e. The Labute approximate surface area is 239 Å². The summed E-state index contributed by atoms with van der Waals surface area (Å²) in [5, 5.41) is 1.18. The first-order valence-corrected chi connectivity index (χ1v) is 14.0. The van der Waals surface area contributed by atoms with E-state index in [1.54, 1.807) is 0 Å². The van der Waals surface area contributed by atoms with Crippen molar-refractivity contribution in [2.75, 3.05) is 4.90 Å². The third-order valence-corrected chi connectivity index (χ3v) is 7.99. The van der Waals surface area contributed by atoms with Gasteiger partial charge in [0.15, 0.2) is 0 Å². The van der Waals surface area contributed by atoms with Gasteiger partial charge in [0.1, 0.15) is 0 Å². The summed E-state index contributed by atoms with van der Waals surface area (Å²) in [5.41, 5.74) is 14.0. The molecule has 1 aromatic heterocycles. The Kier molecular flexibility index (Phi) is 5.49. The van der Waals surface area contributed by atoms with Crippen LogP contribution in [-0.2, 0) is 0 Å². The molecule has 0 unspecified atom stereocenters. The molecule has 2 nitrogen and oxygen atoms in total. The average molecular weight is 523 g/mol. The van der Waals surface area contributed by atoms with Gasteiger partial charge < -0.3 is 4.90 Å². The Balaban J connectivity index is 1.41. The zero-order chi connectivity index (χ0) is 27.2. The second-order valence-electron chi connectivity index (χ2n) is 10.5. The van der Waals surface area contributed by atoms with E-state index in [9.17, 15) is 0 Å². The van der Waals surface area contributed by atoms with Crippen LogP contribution in [0.3, 0.4) is 0 Å². The van der Waals surface area contributed by atoms with Crippen molar-refractivity contribution >= 4 is 28.0 Å². The van der Waals surface area contributed by atoms with E-state index in [4.69, 9.17) is 4.98 Å². The molecule has 6 aromatic carbocycles. The molecule has 0 N–H and O–H groups in total. The molecular formula is C39H26N2. The van der Waals surface area contributed by atoms with Crippen molar-refractivity contribution in [3.8, 4) is 44.5 Å². The van der Waals surface area contributed by atoms with E-state index < -0.39 is 0 Å². The fourth-order valence-electron chi connectivity index (χ4n) is 6.10. The van der Waals surface area contributed by atoms with E-state index in [2.05, 4.69) is 157 Å². The van der Waals surface area contributed by atoms with Crippen molar-refractivity contribution in [1.82, 2.24) is 4.98 Å². The lowest BCUT2D eigenvalue weighted by atomic mass is 9.89. The molecule has 0 saturated heterocycles. The Morgan fingerprint density at radius 2 is 0.927 bits per heavy atom. The van der Waals surface area contributed by atoms with Gasteiger partial charge in [0.2, 0.25) is 0 Å². The minimum Gasteiger partial charge on any atom is -0.309 e. The van der Waals surface area contributed by atoms with Gasteiger partial charge in [-0.2, -0.15) is 0 Å². The quantitative estimate of drug-likeness (QED) is 0.228. The van der Waals surface area contributed by atoms with Gasteiger partial charge in [-0.05, 0) is 81.4 Å². The van der Waals surface area contributed by atoms with Gasteiger partial charge in [-0.3, -0.25) is 4.98 Å². The number of pyridine rings is 1. The molecular weight excluding hydrogens is 496 g/mol. The molecule has 1 aliphatic heterocycles. The van der Waals surface area contributed by atoms with Crippen LogP contribution < -0.4 is 4.90 Å². The SMILES string of the molecule is c1ccc(-c2cc(-c3ccccc3)cc(N3c4ccccc4-c4cc(-c5ccccc5)cc5nccc3c45)c2)cc1. The first kappa shape index (κ1) is 23.4. The highest BCUT2D eigenvalue weighted by atomic mass is 15.2. The van der Waals surface area contributed by atoms with E-state index >= 15 is 0 Å². The summed E-state index contributed by atoms with van der Waals surface area (Å²) in [6.07, 6.45) is 1.94. The predicted octanol–water partition coefficient (Wildman–Crippen LogP) is 10.7. The van der Waals surface area contributed by atoms with E-state index in [1.165, 1.54) is 55.6 Å². The molecule has 0 atom stereocenters. The number of anilines is 3. The molecule has 0 amide bonds. The highest BCUT2D eigenvalue weighted by molar-refractivity contribution is 6.14. The number of fused-ring (bicyclic) bond motifs is 2. The van der Waals surface area contributed by atoms with Crippen molar-refractivity contribution in [3.63, 3.8) is 0 Å². The lowest BCUT2D eigenvalue weighted by molar-refractivity contribution is 1.26. The normalized spacial score (nSPS) is 11.9. The van der Waals surface area contributed by atoms with Crippen LogP contribution in [0.15, 0.2) is 158 Å². The largest absolute Gasteiger partial charge is 0.309 e. The molecule has 7 aromatic rings. The topological polar surface area (TPSA) is 16.1 Å². The number of nitrogens with zero attached hydrogens (tertiary/aromatic N) is 2. The minimum absolute atomic E-state index is 1.00. The third kappa shape index (κ3) is 4.00. The van der Waals surface area contributed by atoms with Crippen molar-refractivity contribution < 1.29 is 0 Å². The maximum absolute atomic E-state index is 4.88. The Bertz CT molecular complexity index is 1970. The van der Waals surface area contributed by atoms with E-state index in [0.29, 0.717) is 0 Å². The van der Waals surface area contributed by atoms with Gasteiger partial charge in [-0.1, -0.05) is 109 Å². The average Bonchev–Trinajstić information content (AvgIpc) is 3.06. The number of rotatable bonds is 4. The number of hydrogen-bond donors (Lipinski definition) is 0. The summed E-state index contributed by atoms with van der Waals surface area (Å²) in [4.78, 5) is 7.29. The van der Waals surface area contributed by atoms with E-state index in [-0.39, 0.29) is 0 Å². The van der Waals surface area contributed by atoms with Gasteiger partial charge in [0.05, 0.1) is 16.9 Å². The van der Waals surface area contributed by atoms with Gasteiger partial charge in [-0.15, -0.1) is 0 Å². The lowest BCUT2D eigenvalue weighted by Crippen LogP contribution is -2.15. The first-order chi connectivity index (χ1) is 20.3. The highest BCUT2D eigenvalue weighted by Gasteiger charge is 2.27. The summed E-state index contributed by atoms with van der Waals surface area (Å²) in [7, 11) is 0.